The minimum absolute atomic E-state index is 0.151. The molecular formula is C14H20BrNO. The van der Waals surface area contributed by atoms with Gasteiger partial charge in [0.2, 0.25) is 0 Å². The Balaban J connectivity index is 2.46. The zero-order valence-corrected chi connectivity index (χ0v) is 12.1. The van der Waals surface area contributed by atoms with Crippen molar-refractivity contribution in [2.75, 3.05) is 7.11 Å². The molecule has 0 aliphatic heterocycles. The second-order valence-electron chi connectivity index (χ2n) is 4.86. The van der Waals surface area contributed by atoms with Crippen molar-refractivity contribution in [3.05, 3.63) is 27.7 Å². The first-order valence-electron chi connectivity index (χ1n) is 6.26. The van der Waals surface area contributed by atoms with Crippen LogP contribution in [0.1, 0.15) is 43.7 Å². The van der Waals surface area contributed by atoms with Crippen LogP contribution in [0, 0.1) is 0 Å². The highest BCUT2D eigenvalue weighted by Gasteiger charge is 2.32. The molecule has 0 unspecified atom stereocenters. The number of rotatable bonds is 3. The van der Waals surface area contributed by atoms with Gasteiger partial charge in [0, 0.05) is 15.6 Å². The lowest BCUT2D eigenvalue weighted by Crippen LogP contribution is -2.33. The topological polar surface area (TPSA) is 35.2 Å². The van der Waals surface area contributed by atoms with Gasteiger partial charge in [-0.15, -0.1) is 0 Å². The molecule has 17 heavy (non-hydrogen) atoms. The number of benzene rings is 1. The Morgan fingerprint density at radius 1 is 1.35 bits per heavy atom. The van der Waals surface area contributed by atoms with Gasteiger partial charge in [-0.25, -0.2) is 0 Å². The first kappa shape index (κ1) is 12.9. The van der Waals surface area contributed by atoms with Crippen molar-refractivity contribution in [3.8, 4) is 5.75 Å². The van der Waals surface area contributed by atoms with Gasteiger partial charge in [-0.3, -0.25) is 0 Å². The number of nitrogens with two attached hydrogens (primary N) is 1. The van der Waals surface area contributed by atoms with Crippen molar-refractivity contribution in [1.82, 2.24) is 0 Å². The molecule has 0 radical (unpaired) electrons. The van der Waals surface area contributed by atoms with E-state index in [9.17, 15) is 0 Å². The number of ether oxygens (including phenoxy) is 1. The first-order chi connectivity index (χ1) is 8.10. The summed E-state index contributed by atoms with van der Waals surface area (Å²) in [6.45, 7) is 2.13. The van der Waals surface area contributed by atoms with Crippen LogP contribution in [0.15, 0.2) is 16.6 Å². The summed E-state index contributed by atoms with van der Waals surface area (Å²) >= 11 is 3.63. The maximum absolute atomic E-state index is 6.49. The van der Waals surface area contributed by atoms with Crippen LogP contribution in [0.3, 0.4) is 0 Å². The Morgan fingerprint density at radius 2 is 2.00 bits per heavy atom. The van der Waals surface area contributed by atoms with E-state index in [-0.39, 0.29) is 5.54 Å². The average molecular weight is 298 g/mol. The van der Waals surface area contributed by atoms with Crippen LogP contribution in [0.2, 0.25) is 0 Å². The lowest BCUT2D eigenvalue weighted by Gasteiger charge is -2.26. The van der Waals surface area contributed by atoms with Gasteiger partial charge in [-0.2, -0.15) is 0 Å². The summed E-state index contributed by atoms with van der Waals surface area (Å²) in [6.07, 6.45) is 5.57. The molecule has 0 bridgehead atoms. The van der Waals surface area contributed by atoms with E-state index >= 15 is 0 Å². The van der Waals surface area contributed by atoms with Gasteiger partial charge in [-0.1, -0.05) is 35.7 Å². The SMILES string of the molecule is CCc1c(Br)cc(C2(N)CCCC2)cc1OC. The summed E-state index contributed by atoms with van der Waals surface area (Å²) in [5.74, 6) is 0.952. The van der Waals surface area contributed by atoms with Gasteiger partial charge in [-0.05, 0) is 37.0 Å². The predicted octanol–water partition coefficient (Wildman–Crippen LogP) is 3.75. The van der Waals surface area contributed by atoms with Crippen molar-refractivity contribution in [2.45, 2.75) is 44.6 Å². The van der Waals surface area contributed by atoms with Crippen LogP contribution in [0.4, 0.5) is 0 Å². The molecule has 2 nitrogen and oxygen atoms in total. The molecule has 0 atom stereocenters. The van der Waals surface area contributed by atoms with E-state index in [1.165, 1.54) is 24.0 Å². The minimum Gasteiger partial charge on any atom is -0.496 e. The fraction of sp³-hybridized carbons (Fsp3) is 0.571. The number of hydrogen-bond acceptors (Lipinski definition) is 2. The lowest BCUT2D eigenvalue weighted by atomic mass is 9.88. The van der Waals surface area contributed by atoms with Gasteiger partial charge in [0.25, 0.3) is 0 Å². The second kappa shape index (κ2) is 4.99. The molecule has 1 saturated carbocycles. The third kappa shape index (κ3) is 2.36. The quantitative estimate of drug-likeness (QED) is 0.922. The van der Waals surface area contributed by atoms with E-state index < -0.39 is 0 Å². The summed E-state index contributed by atoms with van der Waals surface area (Å²) in [4.78, 5) is 0. The lowest BCUT2D eigenvalue weighted by molar-refractivity contribution is 0.403. The molecule has 94 valence electrons. The van der Waals surface area contributed by atoms with Gasteiger partial charge >= 0.3 is 0 Å². The summed E-state index contributed by atoms with van der Waals surface area (Å²) in [7, 11) is 1.72. The number of halogens is 1. The van der Waals surface area contributed by atoms with E-state index in [1.54, 1.807) is 7.11 Å². The summed E-state index contributed by atoms with van der Waals surface area (Å²) in [5.41, 5.74) is 8.76. The Bertz CT molecular complexity index is 411. The summed E-state index contributed by atoms with van der Waals surface area (Å²) < 4.78 is 6.59. The van der Waals surface area contributed by atoms with Crippen LogP contribution in [-0.2, 0) is 12.0 Å². The maximum Gasteiger partial charge on any atom is 0.123 e. The van der Waals surface area contributed by atoms with Crippen LogP contribution >= 0.6 is 15.9 Å². The third-order valence-electron chi connectivity index (χ3n) is 3.80. The molecule has 0 aromatic heterocycles. The molecule has 0 spiro atoms. The van der Waals surface area contributed by atoms with Gasteiger partial charge in [0.1, 0.15) is 5.75 Å². The monoisotopic (exact) mass is 297 g/mol. The minimum atomic E-state index is -0.151. The standard InChI is InChI=1S/C14H20BrNO/c1-3-11-12(15)8-10(9-13(11)17-2)14(16)6-4-5-7-14/h8-9H,3-7,16H2,1-2H3. The van der Waals surface area contributed by atoms with E-state index in [2.05, 4.69) is 35.0 Å². The molecule has 1 aliphatic carbocycles. The Labute approximate surface area is 112 Å². The Morgan fingerprint density at radius 3 is 2.53 bits per heavy atom. The maximum atomic E-state index is 6.49. The van der Waals surface area contributed by atoms with Crippen LogP contribution in [0.25, 0.3) is 0 Å². The fourth-order valence-electron chi connectivity index (χ4n) is 2.72. The van der Waals surface area contributed by atoms with E-state index in [0.29, 0.717) is 0 Å². The van der Waals surface area contributed by atoms with E-state index in [1.807, 2.05) is 0 Å². The van der Waals surface area contributed by atoms with Crippen molar-refractivity contribution >= 4 is 15.9 Å². The van der Waals surface area contributed by atoms with Crippen LogP contribution in [-0.4, -0.2) is 7.11 Å². The molecule has 0 heterocycles. The summed E-state index contributed by atoms with van der Waals surface area (Å²) in [6, 6.07) is 4.29. The van der Waals surface area contributed by atoms with E-state index in [0.717, 1.165) is 29.5 Å². The third-order valence-corrected chi connectivity index (χ3v) is 4.51. The van der Waals surface area contributed by atoms with Gasteiger partial charge in [0.05, 0.1) is 7.11 Å². The zero-order valence-electron chi connectivity index (χ0n) is 10.6. The van der Waals surface area contributed by atoms with Gasteiger partial charge < -0.3 is 10.5 Å². The molecule has 1 aliphatic rings. The molecule has 3 heteroatoms. The largest absolute Gasteiger partial charge is 0.496 e. The molecule has 1 aromatic rings. The molecule has 2 N–H and O–H groups in total. The zero-order chi connectivity index (χ0) is 12.5. The highest BCUT2D eigenvalue weighted by atomic mass is 79.9. The second-order valence-corrected chi connectivity index (χ2v) is 5.71. The van der Waals surface area contributed by atoms with Gasteiger partial charge in [0.15, 0.2) is 0 Å². The fourth-order valence-corrected chi connectivity index (χ4v) is 3.44. The predicted molar refractivity (Wildman–Crippen MR) is 74.4 cm³/mol. The van der Waals surface area contributed by atoms with Crippen LogP contribution < -0.4 is 10.5 Å². The first-order valence-corrected chi connectivity index (χ1v) is 7.06. The van der Waals surface area contributed by atoms with Crippen molar-refractivity contribution in [3.63, 3.8) is 0 Å². The van der Waals surface area contributed by atoms with Crippen molar-refractivity contribution in [2.24, 2.45) is 5.73 Å². The molecule has 1 aromatic carbocycles. The molecule has 2 rings (SSSR count). The van der Waals surface area contributed by atoms with Crippen molar-refractivity contribution in [1.29, 1.82) is 0 Å². The van der Waals surface area contributed by atoms with Crippen molar-refractivity contribution < 1.29 is 4.74 Å². The van der Waals surface area contributed by atoms with Crippen LogP contribution in [0.5, 0.6) is 5.75 Å². The smallest absolute Gasteiger partial charge is 0.123 e. The average Bonchev–Trinajstić information content (AvgIpc) is 2.76. The number of hydrogen-bond donors (Lipinski definition) is 1. The highest BCUT2D eigenvalue weighted by molar-refractivity contribution is 9.10. The normalized spacial score (nSPS) is 18.4. The molecule has 0 amide bonds. The molecule has 1 fully saturated rings. The summed E-state index contributed by atoms with van der Waals surface area (Å²) in [5, 5.41) is 0. The Hall–Kier alpha value is -0.540. The molecule has 0 saturated heterocycles. The molecular weight excluding hydrogens is 278 g/mol. The Kier molecular flexibility index (Phi) is 3.79. The number of methoxy groups -OCH3 is 1. The van der Waals surface area contributed by atoms with E-state index in [4.69, 9.17) is 10.5 Å². The highest BCUT2D eigenvalue weighted by Crippen LogP contribution is 2.40.